The van der Waals surface area contributed by atoms with Crippen molar-refractivity contribution < 1.29 is 14.3 Å². The molecule has 1 aromatic carbocycles. The van der Waals surface area contributed by atoms with Crippen molar-refractivity contribution in [3.63, 3.8) is 0 Å². The van der Waals surface area contributed by atoms with Gasteiger partial charge in [0.15, 0.2) is 11.5 Å². The fourth-order valence-corrected chi connectivity index (χ4v) is 3.09. The van der Waals surface area contributed by atoms with Gasteiger partial charge >= 0.3 is 0 Å². The number of carbonyl (C=O) groups excluding carboxylic acids is 1. The SMILES string of the molecule is Cc1nc(NCc2ccc3c(c2)OCO3)cc(C(=O)N2CCCC2)n1. The Morgan fingerprint density at radius 1 is 1.16 bits per heavy atom. The van der Waals surface area contributed by atoms with Gasteiger partial charge in [-0.25, -0.2) is 9.97 Å². The number of ether oxygens (including phenoxy) is 2. The van der Waals surface area contributed by atoms with Gasteiger partial charge < -0.3 is 19.7 Å². The third kappa shape index (κ3) is 3.35. The average molecular weight is 340 g/mol. The quantitative estimate of drug-likeness (QED) is 0.921. The topological polar surface area (TPSA) is 76.6 Å². The second-order valence-electron chi connectivity index (χ2n) is 6.23. The minimum atomic E-state index is -0.0193. The van der Waals surface area contributed by atoms with E-state index in [0.717, 1.165) is 43.0 Å². The number of nitrogens with zero attached hydrogens (tertiary/aromatic N) is 3. The summed E-state index contributed by atoms with van der Waals surface area (Å²) < 4.78 is 10.7. The van der Waals surface area contributed by atoms with Crippen LogP contribution < -0.4 is 14.8 Å². The average Bonchev–Trinajstić information content (AvgIpc) is 3.30. The predicted octanol–water partition coefficient (Wildman–Crippen LogP) is 2.36. The van der Waals surface area contributed by atoms with Gasteiger partial charge in [0.05, 0.1) is 0 Å². The molecule has 2 aromatic rings. The Balaban J connectivity index is 1.47. The first-order valence-corrected chi connectivity index (χ1v) is 8.46. The maximum atomic E-state index is 12.5. The van der Waals surface area contributed by atoms with Crippen molar-refractivity contribution in [2.24, 2.45) is 0 Å². The molecule has 7 heteroatoms. The highest BCUT2D eigenvalue weighted by Crippen LogP contribution is 2.32. The van der Waals surface area contributed by atoms with E-state index in [4.69, 9.17) is 9.47 Å². The summed E-state index contributed by atoms with van der Waals surface area (Å²) in [4.78, 5) is 23.1. The van der Waals surface area contributed by atoms with Gasteiger partial charge in [-0.2, -0.15) is 0 Å². The molecule has 1 aromatic heterocycles. The van der Waals surface area contributed by atoms with Crippen molar-refractivity contribution in [3.8, 4) is 11.5 Å². The Morgan fingerprint density at radius 2 is 1.96 bits per heavy atom. The van der Waals surface area contributed by atoms with E-state index in [9.17, 15) is 4.79 Å². The molecule has 1 N–H and O–H groups in total. The number of carbonyl (C=O) groups is 1. The van der Waals surface area contributed by atoms with Crippen LogP contribution >= 0.6 is 0 Å². The van der Waals surface area contributed by atoms with Gasteiger partial charge in [-0.05, 0) is 37.5 Å². The van der Waals surface area contributed by atoms with Crippen LogP contribution in [0.15, 0.2) is 24.3 Å². The van der Waals surface area contributed by atoms with Gasteiger partial charge in [0.1, 0.15) is 17.3 Å². The van der Waals surface area contributed by atoms with E-state index in [2.05, 4.69) is 15.3 Å². The number of fused-ring (bicyclic) bond motifs is 1. The normalized spacial score (nSPS) is 15.5. The fourth-order valence-electron chi connectivity index (χ4n) is 3.09. The number of aryl methyl sites for hydroxylation is 1. The standard InChI is InChI=1S/C18H20N4O3/c1-12-20-14(18(23)22-6-2-3-7-22)9-17(21-12)19-10-13-4-5-15-16(8-13)25-11-24-15/h4-5,8-9H,2-3,6-7,10-11H2,1H3,(H,19,20,21). The van der Waals surface area contributed by atoms with Gasteiger partial charge in [-0.15, -0.1) is 0 Å². The maximum Gasteiger partial charge on any atom is 0.272 e. The van der Waals surface area contributed by atoms with Gasteiger partial charge in [-0.1, -0.05) is 6.07 Å². The molecule has 130 valence electrons. The number of hydrogen-bond acceptors (Lipinski definition) is 6. The first-order chi connectivity index (χ1) is 12.2. The van der Waals surface area contributed by atoms with Gasteiger partial charge in [0.2, 0.25) is 6.79 Å². The molecule has 2 aliphatic rings. The van der Waals surface area contributed by atoms with E-state index in [-0.39, 0.29) is 12.7 Å². The van der Waals surface area contributed by atoms with Crippen LogP contribution in [0.5, 0.6) is 11.5 Å². The van der Waals surface area contributed by atoms with Crippen LogP contribution in [0.4, 0.5) is 5.82 Å². The number of anilines is 1. The zero-order valence-electron chi connectivity index (χ0n) is 14.1. The third-order valence-corrected chi connectivity index (χ3v) is 4.36. The molecule has 0 spiro atoms. The number of rotatable bonds is 4. The van der Waals surface area contributed by atoms with E-state index in [1.165, 1.54) is 0 Å². The van der Waals surface area contributed by atoms with Crippen LogP contribution in [-0.2, 0) is 6.54 Å². The highest BCUT2D eigenvalue weighted by atomic mass is 16.7. The van der Waals surface area contributed by atoms with Crippen LogP contribution in [0.1, 0.15) is 34.7 Å². The largest absolute Gasteiger partial charge is 0.454 e. The van der Waals surface area contributed by atoms with Crippen LogP contribution in [-0.4, -0.2) is 40.7 Å². The van der Waals surface area contributed by atoms with Crippen molar-refractivity contribution in [1.29, 1.82) is 0 Å². The highest BCUT2D eigenvalue weighted by Gasteiger charge is 2.21. The van der Waals surface area contributed by atoms with Crippen LogP contribution in [0, 0.1) is 6.92 Å². The Bertz CT molecular complexity index is 803. The van der Waals surface area contributed by atoms with Crippen molar-refractivity contribution in [2.45, 2.75) is 26.3 Å². The molecule has 3 heterocycles. The molecule has 0 aliphatic carbocycles. The zero-order chi connectivity index (χ0) is 17.2. The molecular weight excluding hydrogens is 320 g/mol. The molecule has 1 saturated heterocycles. The van der Waals surface area contributed by atoms with E-state index in [1.807, 2.05) is 23.1 Å². The lowest BCUT2D eigenvalue weighted by molar-refractivity contribution is 0.0786. The van der Waals surface area contributed by atoms with Crippen LogP contribution in [0.25, 0.3) is 0 Å². The summed E-state index contributed by atoms with van der Waals surface area (Å²) in [6, 6.07) is 7.54. The number of aromatic nitrogens is 2. The summed E-state index contributed by atoms with van der Waals surface area (Å²) in [5.74, 6) is 2.73. The van der Waals surface area contributed by atoms with Crippen LogP contribution in [0.2, 0.25) is 0 Å². The molecule has 2 aliphatic heterocycles. The molecule has 1 amide bonds. The molecular formula is C18H20N4O3. The Kier molecular flexibility index (Phi) is 4.13. The monoisotopic (exact) mass is 340 g/mol. The Labute approximate surface area is 146 Å². The minimum absolute atomic E-state index is 0.0193. The zero-order valence-corrected chi connectivity index (χ0v) is 14.1. The van der Waals surface area contributed by atoms with Crippen LogP contribution in [0.3, 0.4) is 0 Å². The number of nitrogens with one attached hydrogen (secondary N) is 1. The van der Waals surface area contributed by atoms with E-state index >= 15 is 0 Å². The second-order valence-corrected chi connectivity index (χ2v) is 6.23. The number of likely N-dealkylation sites (tertiary alicyclic amines) is 1. The molecule has 0 radical (unpaired) electrons. The molecule has 7 nitrogen and oxygen atoms in total. The van der Waals surface area contributed by atoms with E-state index in [0.29, 0.717) is 23.9 Å². The highest BCUT2D eigenvalue weighted by molar-refractivity contribution is 5.93. The summed E-state index contributed by atoms with van der Waals surface area (Å²) in [6.45, 7) is 4.25. The Hall–Kier alpha value is -2.83. The summed E-state index contributed by atoms with van der Waals surface area (Å²) in [7, 11) is 0. The van der Waals surface area contributed by atoms with Gasteiger partial charge in [-0.3, -0.25) is 4.79 Å². The number of amides is 1. The first kappa shape index (κ1) is 15.7. The van der Waals surface area contributed by atoms with E-state index in [1.54, 1.807) is 13.0 Å². The van der Waals surface area contributed by atoms with Gasteiger partial charge in [0.25, 0.3) is 5.91 Å². The molecule has 25 heavy (non-hydrogen) atoms. The van der Waals surface area contributed by atoms with E-state index < -0.39 is 0 Å². The molecule has 0 saturated carbocycles. The predicted molar refractivity (Wildman–Crippen MR) is 91.8 cm³/mol. The summed E-state index contributed by atoms with van der Waals surface area (Å²) >= 11 is 0. The smallest absolute Gasteiger partial charge is 0.272 e. The molecule has 4 rings (SSSR count). The van der Waals surface area contributed by atoms with Crippen molar-refractivity contribution in [1.82, 2.24) is 14.9 Å². The van der Waals surface area contributed by atoms with Crippen molar-refractivity contribution in [3.05, 3.63) is 41.3 Å². The summed E-state index contributed by atoms with van der Waals surface area (Å²) in [5, 5.41) is 3.26. The maximum absolute atomic E-state index is 12.5. The van der Waals surface area contributed by atoms with Gasteiger partial charge in [0, 0.05) is 25.7 Å². The number of benzene rings is 1. The molecule has 0 bridgehead atoms. The van der Waals surface area contributed by atoms with Crippen molar-refractivity contribution >= 4 is 11.7 Å². The third-order valence-electron chi connectivity index (χ3n) is 4.36. The molecule has 0 unspecified atom stereocenters. The summed E-state index contributed by atoms with van der Waals surface area (Å²) in [6.07, 6.45) is 2.12. The summed E-state index contributed by atoms with van der Waals surface area (Å²) in [5.41, 5.74) is 1.50. The Morgan fingerprint density at radius 3 is 2.80 bits per heavy atom. The lowest BCUT2D eigenvalue weighted by atomic mass is 10.2. The lowest BCUT2D eigenvalue weighted by Crippen LogP contribution is -2.28. The lowest BCUT2D eigenvalue weighted by Gasteiger charge is -2.15. The second kappa shape index (κ2) is 6.58. The molecule has 0 atom stereocenters. The molecule has 1 fully saturated rings. The van der Waals surface area contributed by atoms with Crippen molar-refractivity contribution in [2.75, 3.05) is 25.2 Å². The minimum Gasteiger partial charge on any atom is -0.454 e. The first-order valence-electron chi connectivity index (χ1n) is 8.46. The fraction of sp³-hybridized carbons (Fsp3) is 0.389. The number of hydrogen-bond donors (Lipinski definition) is 1.